The summed E-state index contributed by atoms with van der Waals surface area (Å²) in [6.07, 6.45) is 6.57. The average Bonchev–Trinajstić information content (AvgIpc) is 2.91. The summed E-state index contributed by atoms with van der Waals surface area (Å²) in [4.78, 5) is 0. The van der Waals surface area contributed by atoms with Crippen LogP contribution >= 0.6 is 0 Å². The molecule has 1 heterocycles. The summed E-state index contributed by atoms with van der Waals surface area (Å²) in [5.74, 6) is 0.762. The van der Waals surface area contributed by atoms with Gasteiger partial charge in [0, 0.05) is 6.61 Å². The van der Waals surface area contributed by atoms with Crippen molar-refractivity contribution in [3.63, 3.8) is 0 Å². The highest BCUT2D eigenvalue weighted by Crippen LogP contribution is 2.39. The van der Waals surface area contributed by atoms with Crippen LogP contribution in [-0.4, -0.2) is 24.9 Å². The molecular formula is C11H20O2. The molecule has 76 valence electrons. The first-order chi connectivity index (χ1) is 6.29. The van der Waals surface area contributed by atoms with Crippen LogP contribution in [0.2, 0.25) is 0 Å². The van der Waals surface area contributed by atoms with E-state index >= 15 is 0 Å². The molecule has 1 aliphatic heterocycles. The normalized spacial score (nSPS) is 39.7. The molecule has 0 spiro atoms. The molecule has 0 bridgehead atoms. The zero-order valence-corrected chi connectivity index (χ0v) is 8.66. The Hall–Kier alpha value is -0.0800. The highest BCUT2D eigenvalue weighted by Gasteiger charge is 2.43. The monoisotopic (exact) mass is 184 g/mol. The summed E-state index contributed by atoms with van der Waals surface area (Å²) in [5.41, 5.74) is 0. The molecule has 4 unspecified atom stereocenters. The van der Waals surface area contributed by atoms with E-state index in [0.717, 1.165) is 18.9 Å². The maximum Gasteiger partial charge on any atom is 0.0845 e. The van der Waals surface area contributed by atoms with Gasteiger partial charge in [0.05, 0.1) is 18.3 Å². The first-order valence-corrected chi connectivity index (χ1v) is 5.56. The van der Waals surface area contributed by atoms with E-state index in [1.54, 1.807) is 0 Å². The maximum absolute atomic E-state index is 5.74. The van der Waals surface area contributed by atoms with E-state index in [0.29, 0.717) is 18.3 Å². The molecule has 0 N–H and O–H groups in total. The minimum atomic E-state index is 0.429. The number of fused-ring (bicyclic) bond motifs is 1. The minimum Gasteiger partial charge on any atom is -0.378 e. The fraction of sp³-hybridized carbons (Fsp3) is 1.00. The first-order valence-electron chi connectivity index (χ1n) is 5.56. The highest BCUT2D eigenvalue weighted by atomic mass is 16.6. The minimum absolute atomic E-state index is 0.429. The van der Waals surface area contributed by atoms with Crippen molar-refractivity contribution in [2.45, 2.75) is 57.8 Å². The van der Waals surface area contributed by atoms with Crippen molar-refractivity contribution in [2.24, 2.45) is 5.92 Å². The number of hydrogen-bond donors (Lipinski definition) is 0. The predicted molar refractivity (Wildman–Crippen MR) is 51.7 cm³/mol. The molecule has 0 amide bonds. The molecule has 2 aliphatic rings. The van der Waals surface area contributed by atoms with Crippen LogP contribution in [0.15, 0.2) is 0 Å². The van der Waals surface area contributed by atoms with Crippen molar-refractivity contribution < 1.29 is 9.47 Å². The molecule has 0 aromatic rings. The number of epoxide rings is 1. The Balaban J connectivity index is 1.64. The summed E-state index contributed by atoms with van der Waals surface area (Å²) in [6.45, 7) is 5.27. The van der Waals surface area contributed by atoms with E-state index in [4.69, 9.17) is 9.47 Å². The molecule has 2 nitrogen and oxygen atoms in total. The van der Waals surface area contributed by atoms with E-state index < -0.39 is 0 Å². The Kier molecular flexibility index (Phi) is 2.89. The van der Waals surface area contributed by atoms with Gasteiger partial charge in [0.2, 0.25) is 0 Å². The van der Waals surface area contributed by atoms with Crippen molar-refractivity contribution in [3.05, 3.63) is 0 Å². The molecule has 2 rings (SSSR count). The number of rotatable bonds is 4. The topological polar surface area (TPSA) is 21.8 Å². The summed E-state index contributed by atoms with van der Waals surface area (Å²) in [5, 5.41) is 0. The van der Waals surface area contributed by atoms with Crippen LogP contribution in [-0.2, 0) is 9.47 Å². The second-order valence-corrected chi connectivity index (χ2v) is 4.44. The Morgan fingerprint density at radius 1 is 1.38 bits per heavy atom. The molecule has 1 saturated heterocycles. The molecule has 2 heteroatoms. The maximum atomic E-state index is 5.74. The van der Waals surface area contributed by atoms with Gasteiger partial charge in [-0.2, -0.15) is 0 Å². The average molecular weight is 184 g/mol. The van der Waals surface area contributed by atoms with Crippen LogP contribution in [0.25, 0.3) is 0 Å². The van der Waals surface area contributed by atoms with Gasteiger partial charge in [-0.1, -0.05) is 6.92 Å². The highest BCUT2D eigenvalue weighted by molar-refractivity contribution is 4.91. The van der Waals surface area contributed by atoms with Gasteiger partial charge in [0.25, 0.3) is 0 Å². The fourth-order valence-electron chi connectivity index (χ4n) is 2.06. The van der Waals surface area contributed by atoms with Crippen molar-refractivity contribution in [2.75, 3.05) is 6.61 Å². The summed E-state index contributed by atoms with van der Waals surface area (Å²) < 4.78 is 11.2. The smallest absolute Gasteiger partial charge is 0.0845 e. The van der Waals surface area contributed by atoms with Crippen molar-refractivity contribution in [3.8, 4) is 0 Å². The van der Waals surface area contributed by atoms with Gasteiger partial charge in [-0.05, 0) is 38.5 Å². The zero-order valence-electron chi connectivity index (χ0n) is 8.66. The Morgan fingerprint density at radius 3 is 2.92 bits per heavy atom. The van der Waals surface area contributed by atoms with Crippen LogP contribution < -0.4 is 0 Å². The van der Waals surface area contributed by atoms with Crippen molar-refractivity contribution in [1.82, 2.24) is 0 Å². The largest absolute Gasteiger partial charge is 0.378 e. The lowest BCUT2D eigenvalue weighted by atomic mass is 9.90. The zero-order chi connectivity index (χ0) is 9.26. The van der Waals surface area contributed by atoms with Crippen LogP contribution in [0.1, 0.15) is 39.5 Å². The van der Waals surface area contributed by atoms with Crippen molar-refractivity contribution >= 4 is 0 Å². The van der Waals surface area contributed by atoms with E-state index in [2.05, 4.69) is 13.8 Å². The van der Waals surface area contributed by atoms with E-state index in [9.17, 15) is 0 Å². The molecule has 1 aliphatic carbocycles. The molecular weight excluding hydrogens is 164 g/mol. The summed E-state index contributed by atoms with van der Waals surface area (Å²) >= 11 is 0. The van der Waals surface area contributed by atoms with Crippen LogP contribution in [0.4, 0.5) is 0 Å². The van der Waals surface area contributed by atoms with Crippen molar-refractivity contribution in [1.29, 1.82) is 0 Å². The van der Waals surface area contributed by atoms with Gasteiger partial charge in [0.15, 0.2) is 0 Å². The van der Waals surface area contributed by atoms with Crippen LogP contribution in [0.5, 0.6) is 0 Å². The second-order valence-electron chi connectivity index (χ2n) is 4.44. The van der Waals surface area contributed by atoms with Gasteiger partial charge in [-0.3, -0.25) is 0 Å². The lowest BCUT2D eigenvalue weighted by Crippen LogP contribution is -2.21. The summed E-state index contributed by atoms with van der Waals surface area (Å²) in [6, 6.07) is 0. The third-order valence-corrected chi connectivity index (χ3v) is 3.30. The predicted octanol–water partition coefficient (Wildman–Crippen LogP) is 2.37. The Labute approximate surface area is 80.6 Å². The number of hydrogen-bond acceptors (Lipinski definition) is 2. The third kappa shape index (κ3) is 2.44. The van der Waals surface area contributed by atoms with E-state index in [1.165, 1.54) is 19.3 Å². The molecule has 0 radical (unpaired) electrons. The van der Waals surface area contributed by atoms with E-state index in [1.807, 2.05) is 0 Å². The van der Waals surface area contributed by atoms with Gasteiger partial charge >= 0.3 is 0 Å². The standard InChI is InChI=1S/C11H20O2/c1-3-8(2)12-7-9-4-5-10-11(6-9)13-10/h8-11H,3-7H2,1-2H3. The molecule has 4 atom stereocenters. The van der Waals surface area contributed by atoms with Gasteiger partial charge < -0.3 is 9.47 Å². The molecule has 0 aromatic carbocycles. The SMILES string of the molecule is CCC(C)OCC1CCC2OC2C1. The fourth-order valence-corrected chi connectivity index (χ4v) is 2.06. The summed E-state index contributed by atoms with van der Waals surface area (Å²) in [7, 11) is 0. The second kappa shape index (κ2) is 3.97. The van der Waals surface area contributed by atoms with Gasteiger partial charge in [-0.25, -0.2) is 0 Å². The van der Waals surface area contributed by atoms with Crippen LogP contribution in [0, 0.1) is 5.92 Å². The lowest BCUT2D eigenvalue weighted by molar-refractivity contribution is 0.0310. The molecule has 0 aromatic heterocycles. The first kappa shape index (κ1) is 9.47. The van der Waals surface area contributed by atoms with Gasteiger partial charge in [-0.15, -0.1) is 0 Å². The third-order valence-electron chi connectivity index (χ3n) is 3.30. The quantitative estimate of drug-likeness (QED) is 0.626. The Morgan fingerprint density at radius 2 is 2.23 bits per heavy atom. The van der Waals surface area contributed by atoms with E-state index in [-0.39, 0.29) is 0 Å². The number of ether oxygens (including phenoxy) is 2. The lowest BCUT2D eigenvalue weighted by Gasteiger charge is -2.20. The molecule has 2 fully saturated rings. The van der Waals surface area contributed by atoms with Gasteiger partial charge in [0.1, 0.15) is 0 Å². The molecule has 13 heavy (non-hydrogen) atoms. The Bertz CT molecular complexity index is 169. The molecule has 1 saturated carbocycles. The van der Waals surface area contributed by atoms with Crippen LogP contribution in [0.3, 0.4) is 0 Å².